The molecular weight excluding hydrogens is 374 g/mol. The van der Waals surface area contributed by atoms with Crippen LogP contribution in [0.2, 0.25) is 0 Å². The first kappa shape index (κ1) is 18.1. The number of rotatable bonds is 8. The second-order valence-electron chi connectivity index (χ2n) is 5.10. The molecule has 128 valence electrons. The Morgan fingerprint density at radius 3 is 2.71 bits per heavy atom. The van der Waals surface area contributed by atoms with Gasteiger partial charge in [0.25, 0.3) is 5.91 Å². The standard InChI is InChI=1S/C18H20BrNO4/c1-13-6-7-16(17(10-13)22-2)24-12-18(21)20-8-9-23-15-5-3-4-14(19)11-15/h3-7,10-11H,8-9,12H2,1-2H3,(H,20,21). The van der Waals surface area contributed by atoms with E-state index < -0.39 is 0 Å². The average molecular weight is 394 g/mol. The summed E-state index contributed by atoms with van der Waals surface area (Å²) in [7, 11) is 1.57. The highest BCUT2D eigenvalue weighted by Crippen LogP contribution is 2.27. The van der Waals surface area contributed by atoms with Gasteiger partial charge in [-0.15, -0.1) is 0 Å². The van der Waals surface area contributed by atoms with Crippen molar-refractivity contribution in [3.05, 3.63) is 52.5 Å². The normalized spacial score (nSPS) is 10.1. The van der Waals surface area contributed by atoms with E-state index in [0.29, 0.717) is 24.7 Å². The number of aryl methyl sites for hydroxylation is 1. The van der Waals surface area contributed by atoms with Crippen molar-refractivity contribution >= 4 is 21.8 Å². The number of halogens is 1. The van der Waals surface area contributed by atoms with Crippen molar-refractivity contribution in [3.8, 4) is 17.2 Å². The maximum absolute atomic E-state index is 11.8. The summed E-state index contributed by atoms with van der Waals surface area (Å²) in [4.78, 5) is 11.8. The van der Waals surface area contributed by atoms with Gasteiger partial charge in [0, 0.05) is 4.47 Å². The molecule has 2 aromatic carbocycles. The van der Waals surface area contributed by atoms with Crippen LogP contribution in [0.25, 0.3) is 0 Å². The van der Waals surface area contributed by atoms with E-state index in [4.69, 9.17) is 14.2 Å². The van der Waals surface area contributed by atoms with E-state index in [9.17, 15) is 4.79 Å². The molecule has 0 aromatic heterocycles. The number of methoxy groups -OCH3 is 1. The molecule has 0 aliphatic carbocycles. The number of hydrogen-bond acceptors (Lipinski definition) is 4. The van der Waals surface area contributed by atoms with Crippen LogP contribution >= 0.6 is 15.9 Å². The third-order valence-electron chi connectivity index (χ3n) is 3.17. The molecule has 0 unspecified atom stereocenters. The van der Waals surface area contributed by atoms with E-state index in [1.165, 1.54) is 0 Å². The fourth-order valence-corrected chi connectivity index (χ4v) is 2.38. The summed E-state index contributed by atoms with van der Waals surface area (Å²) in [5.41, 5.74) is 1.06. The van der Waals surface area contributed by atoms with Gasteiger partial charge in [-0.05, 0) is 42.8 Å². The van der Waals surface area contributed by atoms with Crippen LogP contribution in [-0.4, -0.2) is 32.8 Å². The van der Waals surface area contributed by atoms with Crippen LogP contribution in [0.1, 0.15) is 5.56 Å². The van der Waals surface area contributed by atoms with E-state index in [0.717, 1.165) is 15.8 Å². The molecule has 0 atom stereocenters. The second kappa shape index (κ2) is 9.17. The minimum absolute atomic E-state index is 0.0731. The van der Waals surface area contributed by atoms with Gasteiger partial charge in [0.05, 0.1) is 13.7 Å². The summed E-state index contributed by atoms with van der Waals surface area (Å²) in [5.74, 6) is 1.69. The summed E-state index contributed by atoms with van der Waals surface area (Å²) in [6.07, 6.45) is 0. The summed E-state index contributed by atoms with van der Waals surface area (Å²) in [6.45, 7) is 2.68. The summed E-state index contributed by atoms with van der Waals surface area (Å²) in [6, 6.07) is 13.1. The highest BCUT2D eigenvalue weighted by Gasteiger charge is 2.07. The Morgan fingerprint density at radius 2 is 1.96 bits per heavy atom. The molecule has 2 rings (SSSR count). The van der Waals surface area contributed by atoms with Crippen LogP contribution < -0.4 is 19.5 Å². The topological polar surface area (TPSA) is 56.8 Å². The van der Waals surface area contributed by atoms with Gasteiger partial charge in [-0.25, -0.2) is 0 Å². The van der Waals surface area contributed by atoms with E-state index in [1.807, 2.05) is 43.3 Å². The van der Waals surface area contributed by atoms with Gasteiger partial charge < -0.3 is 19.5 Å². The summed E-state index contributed by atoms with van der Waals surface area (Å²) < 4.78 is 17.2. The lowest BCUT2D eigenvalue weighted by molar-refractivity contribution is -0.123. The molecule has 24 heavy (non-hydrogen) atoms. The van der Waals surface area contributed by atoms with Crippen LogP contribution in [0.4, 0.5) is 0 Å². The quantitative estimate of drug-likeness (QED) is 0.698. The van der Waals surface area contributed by atoms with Crippen LogP contribution in [0.3, 0.4) is 0 Å². The minimum Gasteiger partial charge on any atom is -0.493 e. The smallest absolute Gasteiger partial charge is 0.258 e. The maximum Gasteiger partial charge on any atom is 0.258 e. The molecular formula is C18H20BrNO4. The number of benzene rings is 2. The predicted molar refractivity (Wildman–Crippen MR) is 95.9 cm³/mol. The second-order valence-corrected chi connectivity index (χ2v) is 6.01. The number of ether oxygens (including phenoxy) is 3. The Bertz CT molecular complexity index is 690. The first-order valence-electron chi connectivity index (χ1n) is 7.51. The Kier molecular flexibility index (Phi) is 6.93. The molecule has 5 nitrogen and oxygen atoms in total. The summed E-state index contributed by atoms with van der Waals surface area (Å²) >= 11 is 3.38. The average Bonchev–Trinajstić information content (AvgIpc) is 2.57. The Morgan fingerprint density at radius 1 is 1.12 bits per heavy atom. The SMILES string of the molecule is COc1cc(C)ccc1OCC(=O)NCCOc1cccc(Br)c1. The van der Waals surface area contributed by atoms with Crippen molar-refractivity contribution in [1.29, 1.82) is 0 Å². The van der Waals surface area contributed by atoms with Gasteiger partial charge in [0.2, 0.25) is 0 Å². The molecule has 0 saturated carbocycles. The highest BCUT2D eigenvalue weighted by molar-refractivity contribution is 9.10. The van der Waals surface area contributed by atoms with E-state index >= 15 is 0 Å². The van der Waals surface area contributed by atoms with Crippen LogP contribution in [-0.2, 0) is 4.79 Å². The van der Waals surface area contributed by atoms with Crippen molar-refractivity contribution in [2.75, 3.05) is 26.9 Å². The molecule has 1 N–H and O–H groups in total. The predicted octanol–water partition coefficient (Wildman–Crippen LogP) is 3.34. The molecule has 6 heteroatoms. The Labute approximate surface area is 150 Å². The lowest BCUT2D eigenvalue weighted by Crippen LogP contribution is -2.32. The van der Waals surface area contributed by atoms with Crippen molar-refractivity contribution in [2.45, 2.75) is 6.92 Å². The molecule has 0 bridgehead atoms. The van der Waals surface area contributed by atoms with Gasteiger partial charge in [0.1, 0.15) is 12.4 Å². The molecule has 0 heterocycles. The minimum atomic E-state index is -0.213. The van der Waals surface area contributed by atoms with Crippen LogP contribution in [0.5, 0.6) is 17.2 Å². The summed E-state index contributed by atoms with van der Waals surface area (Å²) in [5, 5.41) is 2.75. The van der Waals surface area contributed by atoms with Crippen molar-refractivity contribution in [2.24, 2.45) is 0 Å². The van der Waals surface area contributed by atoms with Gasteiger partial charge in [0.15, 0.2) is 18.1 Å². The Balaban J connectivity index is 1.70. The van der Waals surface area contributed by atoms with E-state index in [-0.39, 0.29) is 12.5 Å². The van der Waals surface area contributed by atoms with Crippen molar-refractivity contribution < 1.29 is 19.0 Å². The molecule has 0 fully saturated rings. The van der Waals surface area contributed by atoms with Crippen LogP contribution in [0, 0.1) is 6.92 Å². The lowest BCUT2D eigenvalue weighted by Gasteiger charge is -2.12. The number of nitrogens with one attached hydrogen (secondary N) is 1. The maximum atomic E-state index is 11.8. The third-order valence-corrected chi connectivity index (χ3v) is 3.66. The number of carbonyl (C=O) groups is 1. The first-order valence-corrected chi connectivity index (χ1v) is 8.30. The number of hydrogen-bond donors (Lipinski definition) is 1. The van der Waals surface area contributed by atoms with E-state index in [2.05, 4.69) is 21.2 Å². The van der Waals surface area contributed by atoms with Gasteiger partial charge in [-0.1, -0.05) is 28.1 Å². The molecule has 2 aromatic rings. The zero-order valence-electron chi connectivity index (χ0n) is 13.7. The van der Waals surface area contributed by atoms with Crippen molar-refractivity contribution in [3.63, 3.8) is 0 Å². The Hall–Kier alpha value is -2.21. The zero-order valence-corrected chi connectivity index (χ0v) is 15.3. The zero-order chi connectivity index (χ0) is 17.4. The fraction of sp³-hybridized carbons (Fsp3) is 0.278. The van der Waals surface area contributed by atoms with Gasteiger partial charge in [-0.3, -0.25) is 4.79 Å². The third kappa shape index (κ3) is 5.77. The number of carbonyl (C=O) groups excluding carboxylic acids is 1. The largest absolute Gasteiger partial charge is 0.493 e. The molecule has 0 radical (unpaired) electrons. The monoisotopic (exact) mass is 393 g/mol. The number of amides is 1. The highest BCUT2D eigenvalue weighted by atomic mass is 79.9. The van der Waals surface area contributed by atoms with Gasteiger partial charge >= 0.3 is 0 Å². The molecule has 0 aliphatic rings. The fourth-order valence-electron chi connectivity index (χ4n) is 2.00. The molecule has 0 spiro atoms. The van der Waals surface area contributed by atoms with E-state index in [1.54, 1.807) is 13.2 Å². The van der Waals surface area contributed by atoms with Crippen LogP contribution in [0.15, 0.2) is 46.9 Å². The van der Waals surface area contributed by atoms with Gasteiger partial charge in [-0.2, -0.15) is 0 Å². The molecule has 1 amide bonds. The lowest BCUT2D eigenvalue weighted by atomic mass is 10.2. The molecule has 0 aliphatic heterocycles. The van der Waals surface area contributed by atoms with Crippen molar-refractivity contribution in [1.82, 2.24) is 5.32 Å². The molecule has 0 saturated heterocycles. The first-order chi connectivity index (χ1) is 11.6.